The number of hydrogen-bond donors (Lipinski definition) is 1. The Kier molecular flexibility index (Phi) is 4.45. The number of rotatable bonds is 4. The maximum absolute atomic E-state index is 5.82. The monoisotopic (exact) mass is 262 g/mol. The van der Waals surface area contributed by atoms with Crippen molar-refractivity contribution in [3.8, 4) is 0 Å². The highest BCUT2D eigenvalue weighted by Gasteiger charge is 2.29. The van der Waals surface area contributed by atoms with Gasteiger partial charge in [-0.2, -0.15) is 0 Å². The summed E-state index contributed by atoms with van der Waals surface area (Å²) < 4.78 is 11.3. The van der Waals surface area contributed by atoms with E-state index in [1.54, 1.807) is 0 Å². The molecule has 0 radical (unpaired) electrons. The SMILES string of the molecule is c1ccc(COCC2CN3CCOCC3CN2)cc1. The Labute approximate surface area is 114 Å². The van der Waals surface area contributed by atoms with E-state index in [1.165, 1.54) is 5.56 Å². The number of fused-ring (bicyclic) bond motifs is 1. The van der Waals surface area contributed by atoms with Crippen molar-refractivity contribution in [1.29, 1.82) is 0 Å². The van der Waals surface area contributed by atoms with Gasteiger partial charge in [-0.05, 0) is 5.56 Å². The van der Waals surface area contributed by atoms with Crippen molar-refractivity contribution in [2.75, 3.05) is 39.5 Å². The van der Waals surface area contributed by atoms with Crippen LogP contribution in [0, 0.1) is 0 Å². The first kappa shape index (κ1) is 13.1. The van der Waals surface area contributed by atoms with Crippen LogP contribution >= 0.6 is 0 Å². The summed E-state index contributed by atoms with van der Waals surface area (Å²) in [5.41, 5.74) is 1.24. The van der Waals surface area contributed by atoms with Crippen molar-refractivity contribution in [2.45, 2.75) is 18.7 Å². The molecule has 3 rings (SSSR count). The Bertz CT molecular complexity index is 385. The highest BCUT2D eigenvalue weighted by molar-refractivity contribution is 5.13. The summed E-state index contributed by atoms with van der Waals surface area (Å²) in [6.07, 6.45) is 0. The molecule has 2 fully saturated rings. The largest absolute Gasteiger partial charge is 0.378 e. The minimum absolute atomic E-state index is 0.443. The molecular weight excluding hydrogens is 240 g/mol. The molecule has 0 aromatic heterocycles. The molecule has 19 heavy (non-hydrogen) atoms. The van der Waals surface area contributed by atoms with Gasteiger partial charge in [0.2, 0.25) is 0 Å². The third-order valence-corrected chi connectivity index (χ3v) is 3.88. The molecule has 104 valence electrons. The predicted molar refractivity (Wildman–Crippen MR) is 74.1 cm³/mol. The van der Waals surface area contributed by atoms with Gasteiger partial charge in [0.05, 0.1) is 26.4 Å². The van der Waals surface area contributed by atoms with E-state index in [0.717, 1.165) is 39.5 Å². The molecule has 0 bridgehead atoms. The Balaban J connectivity index is 1.41. The van der Waals surface area contributed by atoms with Crippen LogP contribution in [0.1, 0.15) is 5.56 Å². The second kappa shape index (κ2) is 6.48. The summed E-state index contributed by atoms with van der Waals surface area (Å²) in [7, 11) is 0. The first-order chi connectivity index (χ1) is 9.42. The van der Waals surface area contributed by atoms with Gasteiger partial charge >= 0.3 is 0 Å². The van der Waals surface area contributed by atoms with Gasteiger partial charge in [-0.3, -0.25) is 4.90 Å². The maximum atomic E-state index is 5.82. The number of nitrogens with one attached hydrogen (secondary N) is 1. The molecule has 1 aromatic rings. The van der Waals surface area contributed by atoms with Gasteiger partial charge in [0.15, 0.2) is 0 Å². The fourth-order valence-electron chi connectivity index (χ4n) is 2.77. The zero-order valence-electron chi connectivity index (χ0n) is 11.3. The number of morpholine rings is 1. The van der Waals surface area contributed by atoms with Crippen molar-refractivity contribution in [1.82, 2.24) is 10.2 Å². The van der Waals surface area contributed by atoms with Crippen LogP contribution in [0.4, 0.5) is 0 Å². The summed E-state index contributed by atoms with van der Waals surface area (Å²) >= 11 is 0. The summed E-state index contributed by atoms with van der Waals surface area (Å²) in [4.78, 5) is 2.52. The van der Waals surface area contributed by atoms with E-state index in [4.69, 9.17) is 9.47 Å². The highest BCUT2D eigenvalue weighted by Crippen LogP contribution is 2.12. The van der Waals surface area contributed by atoms with Crippen LogP contribution in [0.3, 0.4) is 0 Å². The molecule has 0 aliphatic carbocycles. The van der Waals surface area contributed by atoms with Crippen molar-refractivity contribution in [3.63, 3.8) is 0 Å². The Hall–Kier alpha value is -0.940. The molecule has 4 nitrogen and oxygen atoms in total. The fraction of sp³-hybridized carbons (Fsp3) is 0.600. The summed E-state index contributed by atoms with van der Waals surface area (Å²) in [5.74, 6) is 0. The molecule has 2 atom stereocenters. The van der Waals surface area contributed by atoms with Gasteiger partial charge < -0.3 is 14.8 Å². The quantitative estimate of drug-likeness (QED) is 0.873. The lowest BCUT2D eigenvalue weighted by Gasteiger charge is -2.42. The van der Waals surface area contributed by atoms with Gasteiger partial charge in [-0.15, -0.1) is 0 Å². The van der Waals surface area contributed by atoms with E-state index >= 15 is 0 Å². The first-order valence-corrected chi connectivity index (χ1v) is 7.08. The number of ether oxygens (including phenoxy) is 2. The zero-order chi connectivity index (χ0) is 12.9. The van der Waals surface area contributed by atoms with Crippen LogP contribution in [0.2, 0.25) is 0 Å². The topological polar surface area (TPSA) is 33.7 Å². The number of benzene rings is 1. The molecule has 0 spiro atoms. The van der Waals surface area contributed by atoms with Gasteiger partial charge in [0.25, 0.3) is 0 Å². The molecule has 2 saturated heterocycles. The van der Waals surface area contributed by atoms with Gasteiger partial charge in [-0.25, -0.2) is 0 Å². The standard InChI is InChI=1S/C15H22N2O2/c1-2-4-13(5-3-1)10-19-11-14-9-17-6-7-18-12-15(17)8-16-14/h1-5,14-16H,6-12H2. The lowest BCUT2D eigenvalue weighted by molar-refractivity contribution is -0.0363. The molecule has 0 saturated carbocycles. The van der Waals surface area contributed by atoms with Gasteiger partial charge in [0.1, 0.15) is 0 Å². The second-order valence-electron chi connectivity index (χ2n) is 5.33. The third kappa shape index (κ3) is 3.54. The molecule has 0 amide bonds. The zero-order valence-corrected chi connectivity index (χ0v) is 11.3. The van der Waals surface area contributed by atoms with Crippen molar-refractivity contribution in [3.05, 3.63) is 35.9 Å². The molecule has 2 aliphatic rings. The van der Waals surface area contributed by atoms with Crippen LogP contribution in [-0.2, 0) is 16.1 Å². The van der Waals surface area contributed by atoms with Crippen LogP contribution < -0.4 is 5.32 Å². The minimum Gasteiger partial charge on any atom is -0.378 e. The van der Waals surface area contributed by atoms with Crippen molar-refractivity contribution >= 4 is 0 Å². The van der Waals surface area contributed by atoms with E-state index in [-0.39, 0.29) is 0 Å². The van der Waals surface area contributed by atoms with Gasteiger partial charge in [0, 0.05) is 31.7 Å². The van der Waals surface area contributed by atoms with Crippen LogP contribution in [-0.4, -0.2) is 56.4 Å². The van der Waals surface area contributed by atoms with Crippen LogP contribution in [0.15, 0.2) is 30.3 Å². The van der Waals surface area contributed by atoms with E-state index in [2.05, 4.69) is 34.5 Å². The molecule has 1 aromatic carbocycles. The van der Waals surface area contributed by atoms with E-state index in [1.807, 2.05) is 6.07 Å². The molecular formula is C15H22N2O2. The van der Waals surface area contributed by atoms with E-state index < -0.39 is 0 Å². The molecule has 2 aliphatic heterocycles. The predicted octanol–water partition coefficient (Wildman–Crippen LogP) is 0.876. The smallest absolute Gasteiger partial charge is 0.0717 e. The molecule has 2 unspecified atom stereocenters. The van der Waals surface area contributed by atoms with E-state index in [9.17, 15) is 0 Å². The normalized spacial score (nSPS) is 28.0. The Morgan fingerprint density at radius 1 is 1.32 bits per heavy atom. The summed E-state index contributed by atoms with van der Waals surface area (Å²) in [6.45, 7) is 6.35. The lowest BCUT2D eigenvalue weighted by Crippen LogP contribution is -2.61. The van der Waals surface area contributed by atoms with Crippen molar-refractivity contribution < 1.29 is 9.47 Å². The molecule has 2 heterocycles. The second-order valence-corrected chi connectivity index (χ2v) is 5.33. The average molecular weight is 262 g/mol. The first-order valence-electron chi connectivity index (χ1n) is 7.08. The Morgan fingerprint density at radius 2 is 2.21 bits per heavy atom. The van der Waals surface area contributed by atoms with Crippen molar-refractivity contribution in [2.24, 2.45) is 0 Å². The number of nitrogens with zero attached hydrogens (tertiary/aromatic N) is 1. The van der Waals surface area contributed by atoms with Crippen LogP contribution in [0.5, 0.6) is 0 Å². The average Bonchev–Trinajstić information content (AvgIpc) is 2.48. The lowest BCUT2D eigenvalue weighted by atomic mass is 10.1. The third-order valence-electron chi connectivity index (χ3n) is 3.88. The summed E-state index contributed by atoms with van der Waals surface area (Å²) in [6, 6.07) is 11.3. The summed E-state index contributed by atoms with van der Waals surface area (Å²) in [5, 5.41) is 3.56. The number of hydrogen-bond acceptors (Lipinski definition) is 4. The van der Waals surface area contributed by atoms with E-state index in [0.29, 0.717) is 18.7 Å². The van der Waals surface area contributed by atoms with Crippen LogP contribution in [0.25, 0.3) is 0 Å². The molecule has 1 N–H and O–H groups in total. The Morgan fingerprint density at radius 3 is 3.11 bits per heavy atom. The molecule has 4 heteroatoms. The fourth-order valence-corrected chi connectivity index (χ4v) is 2.77. The maximum Gasteiger partial charge on any atom is 0.0717 e. The minimum atomic E-state index is 0.443. The number of piperazine rings is 1. The van der Waals surface area contributed by atoms with Gasteiger partial charge in [-0.1, -0.05) is 30.3 Å². The highest BCUT2D eigenvalue weighted by atomic mass is 16.5.